The number of amides is 1. The highest BCUT2D eigenvalue weighted by Gasteiger charge is 2.25. The Labute approximate surface area is 78.6 Å². The fourth-order valence-corrected chi connectivity index (χ4v) is 3.01. The molecule has 1 saturated heterocycles. The molecule has 1 unspecified atom stereocenters. The summed E-state index contributed by atoms with van der Waals surface area (Å²) in [6.07, 6.45) is 1.74. The number of hydrogen-bond acceptors (Lipinski definition) is 3. The van der Waals surface area contributed by atoms with E-state index in [0.717, 1.165) is 12.8 Å². The predicted molar refractivity (Wildman–Crippen MR) is 50.1 cm³/mol. The van der Waals surface area contributed by atoms with Crippen LogP contribution in [0.2, 0.25) is 0 Å². The van der Waals surface area contributed by atoms with Crippen LogP contribution >= 0.6 is 0 Å². The van der Waals surface area contributed by atoms with Crippen molar-refractivity contribution in [2.75, 3.05) is 11.5 Å². The highest BCUT2D eigenvalue weighted by molar-refractivity contribution is 7.91. The number of rotatable bonds is 2. The van der Waals surface area contributed by atoms with Crippen LogP contribution in [0, 0.1) is 0 Å². The Balaban J connectivity index is 2.69. The van der Waals surface area contributed by atoms with Gasteiger partial charge in [0, 0.05) is 12.5 Å². The minimum Gasteiger partial charge on any atom is -0.352 e. The molecule has 13 heavy (non-hydrogen) atoms. The van der Waals surface area contributed by atoms with E-state index in [9.17, 15) is 13.2 Å². The van der Waals surface area contributed by atoms with Gasteiger partial charge in [0.2, 0.25) is 5.91 Å². The Morgan fingerprint density at radius 2 is 2.23 bits per heavy atom. The van der Waals surface area contributed by atoms with Crippen molar-refractivity contribution >= 4 is 15.7 Å². The fourth-order valence-electron chi connectivity index (χ4n) is 1.48. The van der Waals surface area contributed by atoms with Gasteiger partial charge in [0.05, 0.1) is 11.5 Å². The van der Waals surface area contributed by atoms with Gasteiger partial charge >= 0.3 is 0 Å². The summed E-state index contributed by atoms with van der Waals surface area (Å²) in [5.74, 6) is -0.0365. The first-order valence-corrected chi connectivity index (χ1v) is 6.35. The van der Waals surface area contributed by atoms with Crippen LogP contribution in [0.15, 0.2) is 0 Å². The maximum Gasteiger partial charge on any atom is 0.221 e. The second kappa shape index (κ2) is 4.09. The van der Waals surface area contributed by atoms with Crippen molar-refractivity contribution < 1.29 is 13.2 Å². The Morgan fingerprint density at radius 1 is 1.54 bits per heavy atom. The molecule has 0 aromatic rings. The van der Waals surface area contributed by atoms with Crippen molar-refractivity contribution in [3.05, 3.63) is 0 Å². The molecule has 0 radical (unpaired) electrons. The summed E-state index contributed by atoms with van der Waals surface area (Å²) in [6, 6.07) is -0.176. The Hall–Kier alpha value is -0.580. The Morgan fingerprint density at radius 3 is 2.85 bits per heavy atom. The fraction of sp³-hybridized carbons (Fsp3) is 0.875. The van der Waals surface area contributed by atoms with E-state index in [1.54, 1.807) is 0 Å². The van der Waals surface area contributed by atoms with Gasteiger partial charge in [-0.05, 0) is 6.42 Å². The monoisotopic (exact) mass is 205 g/mol. The average Bonchev–Trinajstić information content (AvgIpc) is 2.11. The van der Waals surface area contributed by atoms with Crippen molar-refractivity contribution in [2.45, 2.75) is 32.2 Å². The van der Waals surface area contributed by atoms with Crippen LogP contribution in [0.5, 0.6) is 0 Å². The molecule has 1 atom stereocenters. The smallest absolute Gasteiger partial charge is 0.221 e. The lowest BCUT2D eigenvalue weighted by Crippen LogP contribution is -2.36. The lowest BCUT2D eigenvalue weighted by molar-refractivity contribution is -0.121. The zero-order valence-corrected chi connectivity index (χ0v) is 8.56. The maximum atomic E-state index is 11.3. The lowest BCUT2D eigenvalue weighted by Gasteiger charge is -2.13. The highest BCUT2D eigenvalue weighted by atomic mass is 32.2. The molecule has 1 aliphatic rings. The molecular formula is C8H15NO3S. The van der Waals surface area contributed by atoms with Gasteiger partial charge in [-0.1, -0.05) is 13.3 Å². The molecule has 1 amide bonds. The van der Waals surface area contributed by atoms with Crippen molar-refractivity contribution in [1.82, 2.24) is 5.32 Å². The molecule has 1 rings (SSSR count). The van der Waals surface area contributed by atoms with Crippen molar-refractivity contribution in [3.63, 3.8) is 0 Å². The number of carbonyl (C=O) groups is 1. The molecule has 76 valence electrons. The Bertz CT molecular complexity index is 284. The van der Waals surface area contributed by atoms with E-state index >= 15 is 0 Å². The third-order valence-electron chi connectivity index (χ3n) is 2.10. The molecule has 0 saturated carbocycles. The van der Waals surface area contributed by atoms with E-state index in [-0.39, 0.29) is 29.9 Å². The van der Waals surface area contributed by atoms with Crippen LogP contribution in [0.1, 0.15) is 26.2 Å². The largest absolute Gasteiger partial charge is 0.352 e. The van der Waals surface area contributed by atoms with Crippen molar-refractivity contribution in [2.24, 2.45) is 0 Å². The molecule has 1 fully saturated rings. The van der Waals surface area contributed by atoms with Gasteiger partial charge in [-0.25, -0.2) is 8.42 Å². The van der Waals surface area contributed by atoms with Crippen molar-refractivity contribution in [3.8, 4) is 0 Å². The topological polar surface area (TPSA) is 63.2 Å². The van der Waals surface area contributed by atoms with Gasteiger partial charge < -0.3 is 5.32 Å². The van der Waals surface area contributed by atoms with Crippen LogP contribution < -0.4 is 5.32 Å². The standard InChI is InChI=1S/C8H15NO3S/c1-2-3-7-6-13(11,12)5-4-8(10)9-7/h7H,2-6H2,1H3,(H,9,10). The molecular weight excluding hydrogens is 190 g/mol. The van der Waals surface area contributed by atoms with E-state index in [2.05, 4.69) is 5.32 Å². The molecule has 4 nitrogen and oxygen atoms in total. The van der Waals surface area contributed by atoms with Crippen LogP contribution in [0.3, 0.4) is 0 Å². The summed E-state index contributed by atoms with van der Waals surface area (Å²) in [5.41, 5.74) is 0. The van der Waals surface area contributed by atoms with E-state index in [1.807, 2.05) is 6.92 Å². The highest BCUT2D eigenvalue weighted by Crippen LogP contribution is 2.07. The molecule has 0 spiro atoms. The first-order chi connectivity index (χ1) is 6.03. The normalized spacial score (nSPS) is 27.8. The van der Waals surface area contributed by atoms with E-state index < -0.39 is 9.84 Å². The summed E-state index contributed by atoms with van der Waals surface area (Å²) in [4.78, 5) is 11.1. The first-order valence-electron chi connectivity index (χ1n) is 4.53. The van der Waals surface area contributed by atoms with Gasteiger partial charge in [-0.3, -0.25) is 4.79 Å². The summed E-state index contributed by atoms with van der Waals surface area (Å²) >= 11 is 0. The molecule has 0 aromatic heterocycles. The number of hydrogen-bond donors (Lipinski definition) is 1. The molecule has 0 aliphatic carbocycles. The molecule has 0 bridgehead atoms. The second-order valence-corrected chi connectivity index (χ2v) is 5.65. The maximum absolute atomic E-state index is 11.3. The third kappa shape index (κ3) is 3.34. The average molecular weight is 205 g/mol. The van der Waals surface area contributed by atoms with Crippen LogP contribution in [0.25, 0.3) is 0 Å². The van der Waals surface area contributed by atoms with Crippen LogP contribution in [0.4, 0.5) is 0 Å². The molecule has 1 heterocycles. The molecule has 1 N–H and O–H groups in total. The van der Waals surface area contributed by atoms with Crippen LogP contribution in [-0.2, 0) is 14.6 Å². The zero-order chi connectivity index (χ0) is 9.90. The van der Waals surface area contributed by atoms with Crippen LogP contribution in [-0.4, -0.2) is 31.9 Å². The minimum atomic E-state index is -3.01. The second-order valence-electron chi connectivity index (χ2n) is 3.42. The summed E-state index contributed by atoms with van der Waals surface area (Å²) in [7, 11) is -3.01. The Kier molecular flexibility index (Phi) is 3.30. The van der Waals surface area contributed by atoms with E-state index in [0.29, 0.717) is 0 Å². The number of sulfone groups is 1. The van der Waals surface area contributed by atoms with E-state index in [4.69, 9.17) is 0 Å². The van der Waals surface area contributed by atoms with Gasteiger partial charge in [0.1, 0.15) is 0 Å². The summed E-state index contributed by atoms with van der Waals surface area (Å²) in [5, 5.41) is 2.72. The quantitative estimate of drug-likeness (QED) is 0.695. The number of carbonyl (C=O) groups excluding carboxylic acids is 1. The van der Waals surface area contributed by atoms with Gasteiger partial charge in [0.25, 0.3) is 0 Å². The predicted octanol–water partition coefficient (Wildman–Crippen LogP) is 0.0898. The summed E-state index contributed by atoms with van der Waals surface area (Å²) < 4.78 is 22.6. The van der Waals surface area contributed by atoms with Crippen molar-refractivity contribution in [1.29, 1.82) is 0 Å². The first kappa shape index (κ1) is 10.5. The zero-order valence-electron chi connectivity index (χ0n) is 7.75. The minimum absolute atomic E-state index is 0.000945. The third-order valence-corrected chi connectivity index (χ3v) is 3.83. The van der Waals surface area contributed by atoms with Gasteiger partial charge in [-0.2, -0.15) is 0 Å². The number of nitrogens with one attached hydrogen (secondary N) is 1. The molecule has 0 aromatic carbocycles. The SMILES string of the molecule is CCCC1CS(=O)(=O)CCC(=O)N1. The van der Waals surface area contributed by atoms with E-state index in [1.165, 1.54) is 0 Å². The summed E-state index contributed by atoms with van der Waals surface area (Å²) in [6.45, 7) is 1.98. The molecule has 1 aliphatic heterocycles. The molecule has 5 heteroatoms. The van der Waals surface area contributed by atoms with Gasteiger partial charge in [0.15, 0.2) is 9.84 Å². The van der Waals surface area contributed by atoms with Gasteiger partial charge in [-0.15, -0.1) is 0 Å². The lowest BCUT2D eigenvalue weighted by atomic mass is 10.2.